The van der Waals surface area contributed by atoms with Gasteiger partial charge in [-0.25, -0.2) is 10.1 Å². The van der Waals surface area contributed by atoms with Gasteiger partial charge in [-0.3, -0.25) is 4.79 Å². The topological polar surface area (TPSA) is 156 Å². The summed E-state index contributed by atoms with van der Waals surface area (Å²) in [6.45, 7) is 1.94. The number of anilines is 1. The van der Waals surface area contributed by atoms with Crippen molar-refractivity contribution in [3.05, 3.63) is 47.0 Å². The van der Waals surface area contributed by atoms with Crippen LogP contribution in [-0.2, 0) is 0 Å². The molecule has 4 aromatic rings. The van der Waals surface area contributed by atoms with Crippen LogP contribution in [0.1, 0.15) is 23.0 Å². The number of benzene rings is 1. The van der Waals surface area contributed by atoms with Crippen LogP contribution in [-0.4, -0.2) is 43.7 Å². The van der Waals surface area contributed by atoms with Crippen LogP contribution in [0.2, 0.25) is 0 Å². The van der Waals surface area contributed by atoms with E-state index < -0.39 is 5.91 Å². The van der Waals surface area contributed by atoms with Crippen LogP contribution in [0.4, 0.5) is 5.82 Å². The maximum Gasteiger partial charge on any atom is 0.294 e. The average molecular weight is 438 g/mol. The van der Waals surface area contributed by atoms with Crippen LogP contribution < -0.4 is 20.6 Å². The molecule has 31 heavy (non-hydrogen) atoms. The Morgan fingerprint density at radius 3 is 2.90 bits per heavy atom. The number of ether oxygens (including phenoxy) is 2. The molecule has 156 valence electrons. The highest BCUT2D eigenvalue weighted by Gasteiger charge is 2.25. The summed E-state index contributed by atoms with van der Waals surface area (Å²) in [6, 6.07) is 9.06. The van der Waals surface area contributed by atoms with Crippen molar-refractivity contribution in [3.63, 3.8) is 0 Å². The number of carbonyl (C=O) groups excluding carboxylic acids is 1. The van der Waals surface area contributed by atoms with Crippen LogP contribution >= 0.6 is 11.3 Å². The summed E-state index contributed by atoms with van der Waals surface area (Å²) in [6.07, 6.45) is 0. The van der Waals surface area contributed by atoms with Gasteiger partial charge in [0, 0.05) is 5.56 Å². The first kappa shape index (κ1) is 18.7. The average Bonchev–Trinajstić information content (AvgIpc) is 3.56. The second-order valence-corrected chi connectivity index (χ2v) is 7.30. The largest absolute Gasteiger partial charge is 0.454 e. The van der Waals surface area contributed by atoms with E-state index in [4.69, 9.17) is 15.2 Å². The standard InChI is InChI=1S/C18H14N8O4S/c1-9(10-4-5-11-12(7-10)29-8-28-11)20-22-18(27)14-15(13-3-2-6-31-13)26(25-21-14)17-16(19)23-30-24-17/h2-7H,8H2,1H3,(H2,19,23)(H,22,27)/b20-9-. The molecule has 5 rings (SSSR count). The van der Waals surface area contributed by atoms with E-state index in [9.17, 15) is 4.79 Å². The zero-order valence-corrected chi connectivity index (χ0v) is 16.8. The summed E-state index contributed by atoms with van der Waals surface area (Å²) in [4.78, 5) is 13.6. The molecule has 3 aromatic heterocycles. The molecule has 0 unspecified atom stereocenters. The number of nitrogens with two attached hydrogens (primary N) is 1. The highest BCUT2D eigenvalue weighted by Crippen LogP contribution is 2.33. The lowest BCUT2D eigenvalue weighted by atomic mass is 10.1. The monoisotopic (exact) mass is 438 g/mol. The summed E-state index contributed by atoms with van der Waals surface area (Å²) < 4.78 is 16.6. The first-order valence-corrected chi connectivity index (χ1v) is 9.82. The molecule has 0 saturated heterocycles. The molecule has 0 saturated carbocycles. The van der Waals surface area contributed by atoms with Gasteiger partial charge in [0.15, 0.2) is 17.2 Å². The number of rotatable bonds is 5. The van der Waals surface area contributed by atoms with Crippen LogP contribution in [0, 0.1) is 0 Å². The fraction of sp³-hybridized carbons (Fsp3) is 0.111. The van der Waals surface area contributed by atoms with Gasteiger partial charge >= 0.3 is 0 Å². The number of nitrogens with zero attached hydrogens (tertiary/aromatic N) is 6. The van der Waals surface area contributed by atoms with E-state index in [0.717, 1.165) is 10.4 Å². The Balaban J connectivity index is 1.45. The van der Waals surface area contributed by atoms with Crippen molar-refractivity contribution < 1.29 is 18.9 Å². The van der Waals surface area contributed by atoms with Gasteiger partial charge in [0.1, 0.15) is 5.69 Å². The molecule has 1 aromatic carbocycles. The second kappa shape index (κ2) is 7.53. The number of carbonyl (C=O) groups is 1. The number of nitrogens with one attached hydrogen (secondary N) is 1. The summed E-state index contributed by atoms with van der Waals surface area (Å²) in [7, 11) is 0. The Hall–Kier alpha value is -4.26. The predicted octanol–water partition coefficient (Wildman–Crippen LogP) is 1.84. The molecule has 1 aliphatic rings. The highest BCUT2D eigenvalue weighted by atomic mass is 32.1. The van der Waals surface area contributed by atoms with Crippen LogP contribution in [0.15, 0.2) is 45.4 Å². The van der Waals surface area contributed by atoms with E-state index in [-0.39, 0.29) is 24.1 Å². The first-order valence-electron chi connectivity index (χ1n) is 8.94. The molecule has 1 amide bonds. The number of fused-ring (bicyclic) bond motifs is 1. The lowest BCUT2D eigenvalue weighted by Crippen LogP contribution is -2.20. The molecule has 0 radical (unpaired) electrons. The summed E-state index contributed by atoms with van der Waals surface area (Å²) in [5.74, 6) is 0.894. The molecule has 1 aliphatic heterocycles. The van der Waals surface area contributed by atoms with E-state index in [2.05, 4.69) is 35.8 Å². The molecule has 3 N–H and O–H groups in total. The molecule has 12 nitrogen and oxygen atoms in total. The van der Waals surface area contributed by atoms with Gasteiger partial charge in [-0.15, -0.1) is 16.4 Å². The predicted molar refractivity (Wildman–Crippen MR) is 109 cm³/mol. The minimum atomic E-state index is -0.551. The van der Waals surface area contributed by atoms with E-state index in [1.807, 2.05) is 23.6 Å². The van der Waals surface area contributed by atoms with E-state index >= 15 is 0 Å². The zero-order valence-electron chi connectivity index (χ0n) is 16.0. The van der Waals surface area contributed by atoms with Crippen LogP contribution in [0.25, 0.3) is 16.4 Å². The number of hydrogen-bond acceptors (Lipinski definition) is 11. The number of amides is 1. The van der Waals surface area contributed by atoms with Crippen molar-refractivity contribution in [2.45, 2.75) is 6.92 Å². The molecule has 0 atom stereocenters. The SMILES string of the molecule is C/C(=N/NC(=O)c1nnn(-c2nonc2N)c1-c1cccs1)c1ccc2c(c1)OCO2. The first-order chi connectivity index (χ1) is 15.1. The normalized spacial score (nSPS) is 12.9. The van der Waals surface area contributed by atoms with Crippen molar-refractivity contribution in [2.75, 3.05) is 12.5 Å². The fourth-order valence-electron chi connectivity index (χ4n) is 2.93. The molecule has 13 heteroatoms. The van der Waals surface area contributed by atoms with Gasteiger partial charge < -0.3 is 15.2 Å². The van der Waals surface area contributed by atoms with Crippen molar-refractivity contribution in [3.8, 4) is 27.9 Å². The third-order valence-electron chi connectivity index (χ3n) is 4.45. The van der Waals surface area contributed by atoms with Gasteiger partial charge in [-0.2, -0.15) is 9.78 Å². The highest BCUT2D eigenvalue weighted by molar-refractivity contribution is 7.13. The number of thiophene rings is 1. The van der Waals surface area contributed by atoms with Crippen LogP contribution in [0.5, 0.6) is 11.5 Å². The van der Waals surface area contributed by atoms with Crippen LogP contribution in [0.3, 0.4) is 0 Å². The number of aromatic nitrogens is 5. The fourth-order valence-corrected chi connectivity index (χ4v) is 3.68. The maximum absolute atomic E-state index is 12.9. The Bertz CT molecular complexity index is 1290. The second-order valence-electron chi connectivity index (χ2n) is 6.36. The molecular formula is C18H14N8O4S. The minimum Gasteiger partial charge on any atom is -0.454 e. The summed E-state index contributed by atoms with van der Waals surface area (Å²) in [5, 5.41) is 21.4. The third kappa shape index (κ3) is 3.36. The Morgan fingerprint density at radius 2 is 2.13 bits per heavy atom. The lowest BCUT2D eigenvalue weighted by Gasteiger charge is -2.05. The zero-order chi connectivity index (χ0) is 21.4. The number of hydrazone groups is 1. The molecule has 4 heterocycles. The Labute approximate surface area is 178 Å². The van der Waals surface area contributed by atoms with Gasteiger partial charge in [0.25, 0.3) is 5.91 Å². The minimum absolute atomic E-state index is 0.0198. The lowest BCUT2D eigenvalue weighted by molar-refractivity contribution is 0.0950. The number of hydrogen-bond donors (Lipinski definition) is 2. The van der Waals surface area contributed by atoms with Gasteiger partial charge in [0.05, 0.1) is 10.6 Å². The smallest absolute Gasteiger partial charge is 0.294 e. The molecule has 0 aliphatic carbocycles. The van der Waals surface area contributed by atoms with Gasteiger partial charge in [-0.1, -0.05) is 11.3 Å². The number of nitrogen functional groups attached to an aromatic ring is 1. The van der Waals surface area contributed by atoms with Crippen molar-refractivity contribution in [1.82, 2.24) is 30.7 Å². The molecule has 0 fully saturated rings. The third-order valence-corrected chi connectivity index (χ3v) is 5.33. The maximum atomic E-state index is 12.9. The molecular weight excluding hydrogens is 424 g/mol. The van der Waals surface area contributed by atoms with Crippen molar-refractivity contribution in [2.24, 2.45) is 5.10 Å². The summed E-state index contributed by atoms with van der Waals surface area (Å²) >= 11 is 1.40. The quantitative estimate of drug-likeness (QED) is 0.350. The van der Waals surface area contributed by atoms with Crippen molar-refractivity contribution >= 4 is 28.8 Å². The summed E-state index contributed by atoms with van der Waals surface area (Å²) in [5.41, 5.74) is 10.1. The Morgan fingerprint density at radius 1 is 1.26 bits per heavy atom. The van der Waals surface area contributed by atoms with E-state index in [1.165, 1.54) is 16.0 Å². The van der Waals surface area contributed by atoms with E-state index in [1.54, 1.807) is 19.1 Å². The van der Waals surface area contributed by atoms with Crippen molar-refractivity contribution in [1.29, 1.82) is 0 Å². The van der Waals surface area contributed by atoms with E-state index in [0.29, 0.717) is 22.9 Å². The molecule has 0 spiro atoms. The Kier molecular flexibility index (Phi) is 4.55. The van der Waals surface area contributed by atoms with Gasteiger partial charge in [-0.05, 0) is 46.9 Å². The van der Waals surface area contributed by atoms with Gasteiger partial charge in [0.2, 0.25) is 18.4 Å². The molecule has 0 bridgehead atoms.